The van der Waals surface area contributed by atoms with Crippen LogP contribution < -0.4 is 15.2 Å². The molecule has 3 N–H and O–H groups in total. The maximum Gasteiger partial charge on any atom is 0.262 e. The summed E-state index contributed by atoms with van der Waals surface area (Å²) in [6.07, 6.45) is 1.60. The minimum absolute atomic E-state index is 0.0686. The standard InChI is InChI=1S/C13H15N3O3S/c1-9-12(4-3-7-15-9)16-20(17,18)10-5-6-13(19-2)11(14)8-10/h3-8,16H,14H2,1-2H3. The molecule has 0 aliphatic rings. The summed E-state index contributed by atoms with van der Waals surface area (Å²) in [5.41, 5.74) is 7.01. The van der Waals surface area contributed by atoms with Crippen molar-refractivity contribution in [1.82, 2.24) is 4.98 Å². The molecule has 1 aromatic heterocycles. The van der Waals surface area contributed by atoms with Gasteiger partial charge in [-0.1, -0.05) is 0 Å². The van der Waals surface area contributed by atoms with Gasteiger partial charge in [0.05, 0.1) is 29.1 Å². The molecule has 0 fully saturated rings. The first-order valence-corrected chi connectivity index (χ1v) is 7.30. The molecular formula is C13H15N3O3S. The van der Waals surface area contributed by atoms with Crippen molar-refractivity contribution in [3.05, 3.63) is 42.2 Å². The molecule has 0 bridgehead atoms. The number of hydrogen-bond donors (Lipinski definition) is 2. The van der Waals surface area contributed by atoms with E-state index in [1.54, 1.807) is 25.3 Å². The van der Waals surface area contributed by atoms with Crippen LogP contribution in [0, 0.1) is 6.92 Å². The highest BCUT2D eigenvalue weighted by molar-refractivity contribution is 7.92. The Labute approximate surface area is 117 Å². The van der Waals surface area contributed by atoms with Crippen molar-refractivity contribution >= 4 is 21.4 Å². The number of nitrogens with zero attached hydrogens (tertiary/aromatic N) is 1. The van der Waals surface area contributed by atoms with Crippen LogP contribution in [0.5, 0.6) is 5.75 Å². The van der Waals surface area contributed by atoms with Crippen LogP contribution in [0.2, 0.25) is 0 Å². The van der Waals surface area contributed by atoms with Crippen LogP contribution in [0.4, 0.5) is 11.4 Å². The summed E-state index contributed by atoms with van der Waals surface area (Å²) in [4.78, 5) is 4.10. The van der Waals surface area contributed by atoms with Gasteiger partial charge >= 0.3 is 0 Å². The predicted molar refractivity (Wildman–Crippen MR) is 77.2 cm³/mol. The molecule has 7 heteroatoms. The van der Waals surface area contributed by atoms with E-state index in [2.05, 4.69) is 9.71 Å². The summed E-state index contributed by atoms with van der Waals surface area (Å²) in [6.45, 7) is 1.72. The number of rotatable bonds is 4. The first kappa shape index (κ1) is 14.1. The van der Waals surface area contributed by atoms with Gasteiger partial charge in [-0.05, 0) is 37.3 Å². The third-order valence-electron chi connectivity index (χ3n) is 2.76. The molecule has 1 aromatic carbocycles. The monoisotopic (exact) mass is 293 g/mol. The van der Waals surface area contributed by atoms with Gasteiger partial charge in [0.2, 0.25) is 0 Å². The zero-order valence-corrected chi connectivity index (χ0v) is 11.9. The van der Waals surface area contributed by atoms with Crippen molar-refractivity contribution in [3.63, 3.8) is 0 Å². The Kier molecular flexibility index (Phi) is 3.80. The minimum Gasteiger partial charge on any atom is -0.495 e. The molecule has 0 saturated heterocycles. The number of anilines is 2. The third-order valence-corrected chi connectivity index (χ3v) is 4.13. The highest BCUT2D eigenvalue weighted by Gasteiger charge is 2.16. The normalized spacial score (nSPS) is 11.1. The third kappa shape index (κ3) is 2.83. The smallest absolute Gasteiger partial charge is 0.262 e. The predicted octanol–water partition coefficient (Wildman–Crippen LogP) is 1.78. The number of hydrogen-bond acceptors (Lipinski definition) is 5. The van der Waals surface area contributed by atoms with Crippen LogP contribution in [-0.2, 0) is 10.0 Å². The molecule has 0 spiro atoms. The molecule has 2 aromatic rings. The Morgan fingerprint density at radius 2 is 2.05 bits per heavy atom. The van der Waals surface area contributed by atoms with E-state index < -0.39 is 10.0 Å². The quantitative estimate of drug-likeness (QED) is 0.838. The first-order chi connectivity index (χ1) is 9.44. The topological polar surface area (TPSA) is 94.3 Å². The number of nitrogens with one attached hydrogen (secondary N) is 1. The molecule has 0 radical (unpaired) electrons. The highest BCUT2D eigenvalue weighted by atomic mass is 32.2. The Bertz CT molecular complexity index is 729. The lowest BCUT2D eigenvalue weighted by Crippen LogP contribution is -2.14. The van der Waals surface area contributed by atoms with E-state index in [0.717, 1.165) is 0 Å². The van der Waals surface area contributed by atoms with Gasteiger partial charge in [-0.3, -0.25) is 9.71 Å². The summed E-state index contributed by atoms with van der Waals surface area (Å²) >= 11 is 0. The molecular weight excluding hydrogens is 278 g/mol. The largest absolute Gasteiger partial charge is 0.495 e. The number of aryl methyl sites for hydroxylation is 1. The van der Waals surface area contributed by atoms with Gasteiger partial charge in [-0.2, -0.15) is 0 Å². The summed E-state index contributed by atoms with van der Waals surface area (Å²) in [5, 5.41) is 0. The van der Waals surface area contributed by atoms with Crippen LogP contribution in [0.15, 0.2) is 41.4 Å². The van der Waals surface area contributed by atoms with Crippen molar-refractivity contribution in [2.24, 2.45) is 0 Å². The van der Waals surface area contributed by atoms with Crippen LogP contribution in [-0.4, -0.2) is 20.5 Å². The van der Waals surface area contributed by atoms with Gasteiger partial charge in [0.25, 0.3) is 10.0 Å². The van der Waals surface area contributed by atoms with Crippen LogP contribution in [0.1, 0.15) is 5.69 Å². The number of benzene rings is 1. The van der Waals surface area contributed by atoms with Crippen molar-refractivity contribution in [3.8, 4) is 5.75 Å². The van der Waals surface area contributed by atoms with Crippen molar-refractivity contribution < 1.29 is 13.2 Å². The number of sulfonamides is 1. The first-order valence-electron chi connectivity index (χ1n) is 5.82. The Morgan fingerprint density at radius 1 is 1.30 bits per heavy atom. The van der Waals surface area contributed by atoms with Gasteiger partial charge in [-0.15, -0.1) is 0 Å². The van der Waals surface area contributed by atoms with Gasteiger partial charge in [-0.25, -0.2) is 8.42 Å². The fraction of sp³-hybridized carbons (Fsp3) is 0.154. The molecule has 0 aliphatic heterocycles. The van der Waals surface area contributed by atoms with E-state index in [4.69, 9.17) is 10.5 Å². The molecule has 106 valence electrons. The lowest BCUT2D eigenvalue weighted by Gasteiger charge is -2.11. The van der Waals surface area contributed by atoms with Gasteiger partial charge in [0.15, 0.2) is 0 Å². The van der Waals surface area contributed by atoms with Crippen LogP contribution in [0.3, 0.4) is 0 Å². The van der Waals surface area contributed by atoms with Crippen LogP contribution >= 0.6 is 0 Å². The Morgan fingerprint density at radius 3 is 2.65 bits per heavy atom. The Balaban J connectivity index is 2.36. The second-order valence-corrected chi connectivity index (χ2v) is 5.83. The SMILES string of the molecule is COc1ccc(S(=O)(=O)Nc2cccnc2C)cc1N. The average Bonchev–Trinajstić information content (AvgIpc) is 2.41. The maximum atomic E-state index is 12.3. The number of nitrogen functional groups attached to an aromatic ring is 1. The van der Waals surface area contributed by atoms with Crippen molar-refractivity contribution in [2.45, 2.75) is 11.8 Å². The summed E-state index contributed by atoms with van der Waals surface area (Å²) < 4.78 is 32.0. The molecule has 0 saturated carbocycles. The van der Waals surface area contributed by atoms with E-state index in [1.165, 1.54) is 25.3 Å². The van der Waals surface area contributed by atoms with E-state index in [-0.39, 0.29) is 10.6 Å². The molecule has 0 atom stereocenters. The number of ether oxygens (including phenoxy) is 1. The molecule has 1 heterocycles. The molecule has 2 rings (SSSR count). The van der Waals surface area contributed by atoms with Crippen molar-refractivity contribution in [1.29, 1.82) is 0 Å². The summed E-state index contributed by atoms with van der Waals surface area (Å²) in [5.74, 6) is 0.432. The molecule has 0 aliphatic carbocycles. The summed E-state index contributed by atoms with van der Waals surface area (Å²) in [6, 6.07) is 7.61. The molecule has 20 heavy (non-hydrogen) atoms. The van der Waals surface area contributed by atoms with Crippen molar-refractivity contribution in [2.75, 3.05) is 17.6 Å². The number of methoxy groups -OCH3 is 1. The zero-order chi connectivity index (χ0) is 14.8. The maximum absolute atomic E-state index is 12.3. The molecule has 0 unspecified atom stereocenters. The number of nitrogens with two attached hydrogens (primary N) is 1. The van der Waals surface area contributed by atoms with Gasteiger partial charge in [0, 0.05) is 6.20 Å². The molecule has 0 amide bonds. The fourth-order valence-electron chi connectivity index (χ4n) is 1.68. The van der Waals surface area contributed by atoms with E-state index >= 15 is 0 Å². The number of aromatic nitrogens is 1. The number of pyridine rings is 1. The van der Waals surface area contributed by atoms with E-state index in [0.29, 0.717) is 17.1 Å². The lowest BCUT2D eigenvalue weighted by molar-refractivity contribution is 0.416. The second kappa shape index (κ2) is 5.38. The minimum atomic E-state index is -3.71. The van der Waals surface area contributed by atoms with Gasteiger partial charge < -0.3 is 10.5 Å². The average molecular weight is 293 g/mol. The highest BCUT2D eigenvalue weighted by Crippen LogP contribution is 2.26. The fourth-order valence-corrected chi connectivity index (χ4v) is 2.83. The lowest BCUT2D eigenvalue weighted by atomic mass is 10.3. The van der Waals surface area contributed by atoms with E-state index in [9.17, 15) is 8.42 Å². The Hall–Kier alpha value is -2.28. The summed E-state index contributed by atoms with van der Waals surface area (Å²) in [7, 11) is -2.24. The molecule has 6 nitrogen and oxygen atoms in total. The second-order valence-electron chi connectivity index (χ2n) is 4.15. The zero-order valence-electron chi connectivity index (χ0n) is 11.1. The van der Waals surface area contributed by atoms with E-state index in [1.807, 2.05) is 0 Å². The van der Waals surface area contributed by atoms with Crippen LogP contribution in [0.25, 0.3) is 0 Å². The van der Waals surface area contributed by atoms with Gasteiger partial charge in [0.1, 0.15) is 5.75 Å².